The predicted octanol–water partition coefficient (Wildman–Crippen LogP) is 13.3. The molecule has 0 radical (unpaired) electrons. The fourth-order valence-electron chi connectivity index (χ4n) is 3.79. The first-order valence-electron chi connectivity index (χ1n) is 17.4. The lowest BCUT2D eigenvalue weighted by Gasteiger charge is -2.16. The van der Waals surface area contributed by atoms with E-state index < -0.39 is 12.1 Å². The zero-order valence-electron chi connectivity index (χ0n) is 32.9. The predicted molar refractivity (Wildman–Crippen MR) is 212 cm³/mol. The monoisotopic (exact) mass is 720 g/mol. The summed E-state index contributed by atoms with van der Waals surface area (Å²) in [7, 11) is 4.19. The molecular weight excluding hydrogens is 661 g/mol. The summed E-state index contributed by atoms with van der Waals surface area (Å²) in [5.41, 5.74) is 7.36. The van der Waals surface area contributed by atoms with Crippen LogP contribution in [-0.2, 0) is 6.42 Å². The van der Waals surface area contributed by atoms with E-state index in [1.54, 1.807) is 14.0 Å². The Morgan fingerprint density at radius 2 is 0.827 bits per heavy atom. The molecule has 0 heterocycles. The molecule has 0 saturated heterocycles. The Labute approximate surface area is 311 Å². The van der Waals surface area contributed by atoms with Crippen LogP contribution >= 0.6 is 0 Å². The van der Waals surface area contributed by atoms with Crippen molar-refractivity contribution in [3.8, 4) is 23.0 Å². The van der Waals surface area contributed by atoms with Gasteiger partial charge in [0.15, 0.2) is 11.5 Å². The summed E-state index contributed by atoms with van der Waals surface area (Å²) in [6.45, 7) is 16.6. The normalized spacial score (nSPS) is 9.58. The highest BCUT2D eigenvalue weighted by molar-refractivity contribution is 5.53. The van der Waals surface area contributed by atoms with Crippen molar-refractivity contribution in [1.82, 2.24) is 0 Å². The first-order valence-corrected chi connectivity index (χ1v) is 17.4. The van der Waals surface area contributed by atoms with E-state index in [2.05, 4.69) is 114 Å². The Morgan fingerprint density at radius 1 is 0.462 bits per heavy atom. The third-order valence-corrected chi connectivity index (χ3v) is 6.99. The summed E-state index contributed by atoms with van der Waals surface area (Å²) in [5.74, 6) is 0.409. The van der Waals surface area contributed by atoms with Crippen molar-refractivity contribution in [1.29, 1.82) is 0 Å². The number of rotatable bonds is 6. The molecule has 0 aliphatic rings. The number of ether oxygens (including phenoxy) is 4. The van der Waals surface area contributed by atoms with Gasteiger partial charge in [-0.15, -0.1) is 13.2 Å². The lowest BCUT2D eigenvalue weighted by Crippen LogP contribution is -2.18. The van der Waals surface area contributed by atoms with Crippen LogP contribution in [0.25, 0.3) is 0 Å². The van der Waals surface area contributed by atoms with Gasteiger partial charge in [0.05, 0.1) is 21.3 Å². The van der Waals surface area contributed by atoms with Crippen LogP contribution in [0.2, 0.25) is 0 Å². The number of aryl methyl sites for hydroxylation is 6. The van der Waals surface area contributed by atoms with Gasteiger partial charge in [-0.05, 0) is 76.4 Å². The molecule has 0 aromatic heterocycles. The molecule has 5 rings (SSSR count). The van der Waals surface area contributed by atoms with Crippen molar-refractivity contribution < 1.29 is 32.1 Å². The maximum atomic E-state index is 12.1. The van der Waals surface area contributed by atoms with E-state index in [1.807, 2.05) is 48.5 Å². The average molecular weight is 721 g/mol. The molecule has 0 fully saturated rings. The molecule has 0 bridgehead atoms. The van der Waals surface area contributed by atoms with Crippen molar-refractivity contribution in [2.45, 2.75) is 81.0 Å². The molecule has 0 amide bonds. The van der Waals surface area contributed by atoms with Crippen LogP contribution in [0, 0.1) is 34.6 Å². The van der Waals surface area contributed by atoms with Crippen molar-refractivity contribution in [2.75, 3.05) is 21.3 Å². The van der Waals surface area contributed by atoms with Crippen molar-refractivity contribution in [2.24, 2.45) is 0 Å². The lowest BCUT2D eigenvalue weighted by atomic mass is 10.2. The zero-order valence-corrected chi connectivity index (χ0v) is 32.9. The summed E-state index contributed by atoms with van der Waals surface area (Å²) < 4.78 is 54.9. The maximum Gasteiger partial charge on any atom is 0.573 e. The number of alkyl halides is 3. The second kappa shape index (κ2) is 27.8. The van der Waals surface area contributed by atoms with Crippen molar-refractivity contribution in [3.05, 3.63) is 155 Å². The van der Waals surface area contributed by atoms with E-state index in [1.165, 1.54) is 67.0 Å². The average Bonchev–Trinajstić information content (AvgIpc) is 3.15. The zero-order chi connectivity index (χ0) is 39.4. The Kier molecular flexibility index (Phi) is 25.1. The maximum absolute atomic E-state index is 12.1. The van der Waals surface area contributed by atoms with Crippen LogP contribution in [-0.4, -0.2) is 27.7 Å². The smallest absolute Gasteiger partial charge is 0.497 e. The Balaban J connectivity index is 0.000000630. The van der Waals surface area contributed by atoms with Crippen LogP contribution in [0.4, 0.5) is 13.2 Å². The summed E-state index contributed by atoms with van der Waals surface area (Å²) in [5, 5.41) is 0. The standard InChI is InChI=1S/C10H11F3O3.C8H10O.2C8H10.C7H8.C4H10/c1-6-4-7(14-2)9(8(5-6)15-3)16-10(11,12)13;1-7-3-5-8(9-2)6-4-7;1-7-3-5-8(2)6-4-7;1-2-8-6-4-3-5-7-8;1-7-5-3-2-4-6-7;1-3-4-2/h4-5H,1-3H3;3-6H,1-2H3;3-6H,1-2H3;3-7H,2H2,1H3;2-6H,1H3;3-4H2,1-2H3. The van der Waals surface area contributed by atoms with E-state index in [0.29, 0.717) is 5.56 Å². The second-order valence-corrected chi connectivity index (χ2v) is 11.7. The number of hydrogen-bond acceptors (Lipinski definition) is 4. The molecule has 0 unspecified atom stereocenters. The van der Waals surface area contributed by atoms with E-state index >= 15 is 0 Å². The van der Waals surface area contributed by atoms with Crippen LogP contribution in [0.1, 0.15) is 67.0 Å². The molecular formula is C45H59F3O4. The molecule has 0 aliphatic heterocycles. The fourth-order valence-corrected chi connectivity index (χ4v) is 3.79. The Hall–Kier alpha value is -4.91. The molecule has 0 N–H and O–H groups in total. The van der Waals surface area contributed by atoms with Crippen molar-refractivity contribution >= 4 is 0 Å². The van der Waals surface area contributed by atoms with Crippen LogP contribution in [0.5, 0.6) is 23.0 Å². The number of hydrogen-bond donors (Lipinski definition) is 0. The van der Waals surface area contributed by atoms with E-state index in [0.717, 1.165) is 12.2 Å². The largest absolute Gasteiger partial charge is 0.573 e. The fraction of sp³-hybridized carbons (Fsp3) is 0.333. The molecule has 5 aromatic rings. The lowest BCUT2D eigenvalue weighted by molar-refractivity contribution is -0.275. The molecule has 4 nitrogen and oxygen atoms in total. The Morgan fingerprint density at radius 3 is 1.10 bits per heavy atom. The molecule has 0 aliphatic carbocycles. The van der Waals surface area contributed by atoms with Gasteiger partial charge in [-0.1, -0.05) is 153 Å². The molecule has 284 valence electrons. The van der Waals surface area contributed by atoms with E-state index in [4.69, 9.17) is 14.2 Å². The van der Waals surface area contributed by atoms with Gasteiger partial charge in [-0.2, -0.15) is 0 Å². The highest BCUT2D eigenvalue weighted by atomic mass is 19.4. The summed E-state index contributed by atoms with van der Waals surface area (Å²) in [6, 6.07) is 40.0. The summed E-state index contributed by atoms with van der Waals surface area (Å²) in [6.07, 6.45) is -1.00. The van der Waals surface area contributed by atoms with Crippen LogP contribution in [0.15, 0.2) is 121 Å². The molecule has 0 spiro atoms. The van der Waals surface area contributed by atoms with Gasteiger partial charge in [0.2, 0.25) is 5.75 Å². The first kappa shape index (κ1) is 47.1. The van der Waals surface area contributed by atoms with Gasteiger partial charge >= 0.3 is 6.36 Å². The quantitative estimate of drug-likeness (QED) is 0.175. The third kappa shape index (κ3) is 23.5. The van der Waals surface area contributed by atoms with Crippen LogP contribution < -0.4 is 18.9 Å². The number of halogens is 3. The van der Waals surface area contributed by atoms with Gasteiger partial charge < -0.3 is 18.9 Å². The van der Waals surface area contributed by atoms with E-state index in [9.17, 15) is 13.2 Å². The van der Waals surface area contributed by atoms with Crippen molar-refractivity contribution in [3.63, 3.8) is 0 Å². The summed E-state index contributed by atoms with van der Waals surface area (Å²) in [4.78, 5) is 0. The molecule has 0 atom stereocenters. The van der Waals surface area contributed by atoms with Crippen LogP contribution in [0.3, 0.4) is 0 Å². The van der Waals surface area contributed by atoms with Gasteiger partial charge in [0.25, 0.3) is 0 Å². The molecule has 7 heteroatoms. The van der Waals surface area contributed by atoms with Gasteiger partial charge in [-0.3, -0.25) is 0 Å². The highest BCUT2D eigenvalue weighted by Gasteiger charge is 2.34. The molecule has 5 aromatic carbocycles. The number of unbranched alkanes of at least 4 members (excludes halogenated alkanes) is 1. The minimum Gasteiger partial charge on any atom is -0.497 e. The molecule has 52 heavy (non-hydrogen) atoms. The first-order chi connectivity index (χ1) is 24.7. The number of benzene rings is 5. The van der Waals surface area contributed by atoms with Gasteiger partial charge in [0.1, 0.15) is 5.75 Å². The van der Waals surface area contributed by atoms with E-state index in [-0.39, 0.29) is 11.5 Å². The van der Waals surface area contributed by atoms with Gasteiger partial charge in [0, 0.05) is 0 Å². The second-order valence-electron chi connectivity index (χ2n) is 11.7. The molecule has 0 saturated carbocycles. The topological polar surface area (TPSA) is 36.9 Å². The highest BCUT2D eigenvalue weighted by Crippen LogP contribution is 2.41. The SMILES string of the molecule is CCCC.CCc1ccccc1.COc1cc(C)cc(OC)c1OC(F)(F)F.COc1ccc(C)cc1.Cc1ccc(C)cc1.Cc1ccccc1. The Bertz CT molecular complexity index is 1520. The summed E-state index contributed by atoms with van der Waals surface area (Å²) >= 11 is 0. The van der Waals surface area contributed by atoms with Gasteiger partial charge in [-0.25, -0.2) is 0 Å². The number of methoxy groups -OCH3 is 3. The minimum atomic E-state index is -4.78. The third-order valence-electron chi connectivity index (χ3n) is 6.99. The minimum absolute atomic E-state index is 0.0193.